The maximum atomic E-state index is 11.0. The molecular formula is C8H17NO2. The fourth-order valence-corrected chi connectivity index (χ4v) is 0.724. The molecule has 1 amide bonds. The molecule has 0 aromatic carbocycles. The first kappa shape index (κ1) is 10.4. The van der Waals surface area contributed by atoms with Crippen LogP contribution in [0, 0.1) is 5.92 Å². The smallest absolute Gasteiger partial charge is 0.246 e. The lowest BCUT2D eigenvalue weighted by Crippen LogP contribution is -2.28. The molecule has 0 bridgehead atoms. The van der Waals surface area contributed by atoms with Crippen LogP contribution in [0.25, 0.3) is 0 Å². The Hall–Kier alpha value is -0.570. The summed E-state index contributed by atoms with van der Waals surface area (Å²) in [6.07, 6.45) is 1.42. The van der Waals surface area contributed by atoms with Gasteiger partial charge in [0, 0.05) is 13.0 Å². The Morgan fingerprint density at radius 2 is 2.09 bits per heavy atom. The lowest BCUT2D eigenvalue weighted by atomic mass is 10.1. The number of rotatable bonds is 4. The van der Waals surface area contributed by atoms with Gasteiger partial charge in [-0.2, -0.15) is 0 Å². The summed E-state index contributed by atoms with van der Waals surface area (Å²) < 4.78 is 0. The zero-order valence-electron chi connectivity index (χ0n) is 7.50. The van der Waals surface area contributed by atoms with Crippen LogP contribution < -0.4 is 0 Å². The average molecular weight is 159 g/mol. The van der Waals surface area contributed by atoms with E-state index in [0.29, 0.717) is 18.9 Å². The van der Waals surface area contributed by atoms with Crippen molar-refractivity contribution in [3.05, 3.63) is 0 Å². The van der Waals surface area contributed by atoms with E-state index in [4.69, 9.17) is 5.21 Å². The molecule has 3 nitrogen and oxygen atoms in total. The van der Waals surface area contributed by atoms with Gasteiger partial charge in [-0.05, 0) is 12.8 Å². The fourth-order valence-electron chi connectivity index (χ4n) is 0.724. The molecule has 0 heterocycles. The number of carbonyl (C=O) groups is 1. The molecule has 0 aliphatic carbocycles. The van der Waals surface area contributed by atoms with Gasteiger partial charge in [-0.15, -0.1) is 0 Å². The van der Waals surface area contributed by atoms with Crippen molar-refractivity contribution in [2.45, 2.75) is 33.6 Å². The summed E-state index contributed by atoms with van der Waals surface area (Å²) in [6.45, 7) is 6.15. The second kappa shape index (κ2) is 5.13. The Morgan fingerprint density at radius 3 is 2.45 bits per heavy atom. The molecule has 1 N–H and O–H groups in total. The van der Waals surface area contributed by atoms with Crippen molar-refractivity contribution in [3.8, 4) is 0 Å². The lowest BCUT2D eigenvalue weighted by Gasteiger charge is -2.14. The van der Waals surface area contributed by atoms with Crippen molar-refractivity contribution in [2.75, 3.05) is 6.54 Å². The molecule has 0 spiro atoms. The van der Waals surface area contributed by atoms with E-state index in [1.165, 1.54) is 0 Å². The molecule has 1 unspecified atom stereocenters. The van der Waals surface area contributed by atoms with E-state index >= 15 is 0 Å². The number of hydroxylamine groups is 2. The predicted molar refractivity (Wildman–Crippen MR) is 43.2 cm³/mol. The molecule has 66 valence electrons. The van der Waals surface area contributed by atoms with Crippen LogP contribution in [0.1, 0.15) is 33.6 Å². The highest BCUT2D eigenvalue weighted by atomic mass is 16.5. The van der Waals surface area contributed by atoms with E-state index < -0.39 is 0 Å². The Balaban J connectivity index is 3.68. The fraction of sp³-hybridized carbons (Fsp3) is 0.875. The van der Waals surface area contributed by atoms with Crippen LogP contribution in [0.2, 0.25) is 0 Å². The third kappa shape index (κ3) is 3.98. The van der Waals surface area contributed by atoms with Crippen LogP contribution in [0.3, 0.4) is 0 Å². The summed E-state index contributed by atoms with van der Waals surface area (Å²) in [5.41, 5.74) is 0. The van der Waals surface area contributed by atoms with Crippen LogP contribution in [0.4, 0.5) is 0 Å². The normalized spacial score (nSPS) is 12.7. The summed E-state index contributed by atoms with van der Waals surface area (Å²) >= 11 is 0. The summed E-state index contributed by atoms with van der Waals surface area (Å²) in [4.78, 5) is 11.0. The van der Waals surface area contributed by atoms with Crippen LogP contribution >= 0.6 is 0 Å². The van der Waals surface area contributed by atoms with Gasteiger partial charge in [0.1, 0.15) is 0 Å². The molecule has 0 rings (SSSR count). The van der Waals surface area contributed by atoms with Crippen molar-refractivity contribution in [2.24, 2.45) is 5.92 Å². The Kier molecular flexibility index (Phi) is 4.86. The molecule has 11 heavy (non-hydrogen) atoms. The van der Waals surface area contributed by atoms with Crippen molar-refractivity contribution in [1.29, 1.82) is 0 Å². The molecule has 0 saturated heterocycles. The van der Waals surface area contributed by atoms with E-state index in [9.17, 15) is 4.79 Å². The average Bonchev–Trinajstić information content (AvgIpc) is 2.02. The molecular weight excluding hydrogens is 142 g/mol. The standard InChI is InChI=1S/C8H17NO2/c1-4-7(3)6-8(10)9(11)5-2/h7,11H,4-6H2,1-3H3. The topological polar surface area (TPSA) is 40.5 Å². The highest BCUT2D eigenvalue weighted by Crippen LogP contribution is 2.07. The zero-order chi connectivity index (χ0) is 8.85. The summed E-state index contributed by atoms with van der Waals surface area (Å²) in [7, 11) is 0. The quantitative estimate of drug-likeness (QED) is 0.500. The third-order valence-corrected chi connectivity index (χ3v) is 1.81. The van der Waals surface area contributed by atoms with Crippen LogP contribution in [0.15, 0.2) is 0 Å². The van der Waals surface area contributed by atoms with Gasteiger partial charge in [0.2, 0.25) is 5.91 Å². The van der Waals surface area contributed by atoms with Gasteiger partial charge >= 0.3 is 0 Å². The molecule has 0 saturated carbocycles. The molecule has 0 radical (unpaired) electrons. The van der Waals surface area contributed by atoms with Crippen LogP contribution in [0.5, 0.6) is 0 Å². The second-order valence-electron chi connectivity index (χ2n) is 2.83. The SMILES string of the molecule is CCC(C)CC(=O)N(O)CC. The minimum atomic E-state index is -0.179. The number of hydrogen-bond donors (Lipinski definition) is 1. The van der Waals surface area contributed by atoms with Gasteiger partial charge in [-0.25, -0.2) is 5.06 Å². The first-order valence-corrected chi connectivity index (χ1v) is 4.11. The minimum absolute atomic E-state index is 0.179. The van der Waals surface area contributed by atoms with Crippen LogP contribution in [-0.4, -0.2) is 22.7 Å². The van der Waals surface area contributed by atoms with Gasteiger partial charge < -0.3 is 0 Å². The van der Waals surface area contributed by atoms with Gasteiger partial charge in [0.05, 0.1) is 0 Å². The van der Waals surface area contributed by atoms with Crippen molar-refractivity contribution in [3.63, 3.8) is 0 Å². The zero-order valence-corrected chi connectivity index (χ0v) is 7.50. The minimum Gasteiger partial charge on any atom is -0.286 e. The summed E-state index contributed by atoms with van der Waals surface area (Å²) in [5, 5.41) is 9.72. The van der Waals surface area contributed by atoms with Crippen LogP contribution in [-0.2, 0) is 4.79 Å². The monoisotopic (exact) mass is 159 g/mol. The molecule has 1 atom stereocenters. The van der Waals surface area contributed by atoms with E-state index in [-0.39, 0.29) is 5.91 Å². The summed E-state index contributed by atoms with van der Waals surface area (Å²) in [6, 6.07) is 0. The number of amides is 1. The first-order chi connectivity index (χ1) is 5.11. The Labute approximate surface area is 68.0 Å². The van der Waals surface area contributed by atoms with Crippen molar-refractivity contribution in [1.82, 2.24) is 5.06 Å². The van der Waals surface area contributed by atoms with Gasteiger partial charge in [-0.1, -0.05) is 20.3 Å². The Bertz CT molecular complexity index is 125. The number of hydrogen-bond acceptors (Lipinski definition) is 2. The van der Waals surface area contributed by atoms with E-state index in [2.05, 4.69) is 0 Å². The number of nitrogens with zero attached hydrogens (tertiary/aromatic N) is 1. The largest absolute Gasteiger partial charge is 0.286 e. The highest BCUT2D eigenvalue weighted by molar-refractivity contribution is 5.75. The number of carbonyl (C=O) groups excluding carboxylic acids is 1. The van der Waals surface area contributed by atoms with E-state index in [0.717, 1.165) is 11.5 Å². The maximum Gasteiger partial charge on any atom is 0.246 e. The molecule has 3 heteroatoms. The van der Waals surface area contributed by atoms with Gasteiger partial charge in [0.15, 0.2) is 0 Å². The van der Waals surface area contributed by atoms with Crippen molar-refractivity contribution >= 4 is 5.91 Å². The molecule has 0 aliphatic heterocycles. The van der Waals surface area contributed by atoms with Gasteiger partial charge in [0.25, 0.3) is 0 Å². The van der Waals surface area contributed by atoms with E-state index in [1.54, 1.807) is 6.92 Å². The predicted octanol–water partition coefficient (Wildman–Crippen LogP) is 1.66. The van der Waals surface area contributed by atoms with Crippen molar-refractivity contribution < 1.29 is 10.0 Å². The molecule has 0 aromatic heterocycles. The molecule has 0 fully saturated rings. The first-order valence-electron chi connectivity index (χ1n) is 4.11. The molecule has 0 aliphatic rings. The maximum absolute atomic E-state index is 11.0. The molecule has 0 aromatic rings. The second-order valence-corrected chi connectivity index (χ2v) is 2.83. The summed E-state index contributed by atoms with van der Waals surface area (Å²) in [5.74, 6) is 0.186. The highest BCUT2D eigenvalue weighted by Gasteiger charge is 2.11. The van der Waals surface area contributed by atoms with Gasteiger partial charge in [-0.3, -0.25) is 10.0 Å². The lowest BCUT2D eigenvalue weighted by molar-refractivity contribution is -0.165. The Morgan fingerprint density at radius 1 is 1.55 bits per heavy atom. The third-order valence-electron chi connectivity index (χ3n) is 1.81. The van der Waals surface area contributed by atoms with E-state index in [1.807, 2.05) is 13.8 Å².